The first-order valence-electron chi connectivity index (χ1n) is 6.67. The fraction of sp³-hybridized carbons (Fsp3) is 0.500. The number of carbonyl (C=O) groups is 1. The zero-order valence-corrected chi connectivity index (χ0v) is 14.3. The molecule has 1 aromatic rings. The first-order valence-corrected chi connectivity index (χ1v) is 7.43. The van der Waals surface area contributed by atoms with Gasteiger partial charge in [-0.2, -0.15) is 0 Å². The number of likely N-dealkylation sites (N-methyl/N-ethyl adjacent to an activating group) is 1. The van der Waals surface area contributed by atoms with Crippen LogP contribution in [-0.4, -0.2) is 55.5 Å². The molecule has 1 N–H and O–H groups in total. The molecule has 1 saturated heterocycles. The number of rotatable bonds is 4. The molecule has 1 aromatic carbocycles. The van der Waals surface area contributed by atoms with Crippen LogP contribution in [0.15, 0.2) is 18.2 Å². The van der Waals surface area contributed by atoms with Crippen molar-refractivity contribution >= 4 is 41.5 Å². The summed E-state index contributed by atoms with van der Waals surface area (Å²) in [5.74, 6) is 0.175. The minimum atomic E-state index is 0. The number of nitrogens with one attached hydrogen (secondary N) is 1. The highest BCUT2D eigenvalue weighted by atomic mass is 35.5. The van der Waals surface area contributed by atoms with Gasteiger partial charge in [-0.3, -0.25) is 9.69 Å². The molecule has 0 aliphatic carbocycles. The van der Waals surface area contributed by atoms with Crippen LogP contribution in [0.4, 0.5) is 0 Å². The minimum Gasteiger partial charge on any atom is -0.339 e. The standard InChI is InChI=1S/C14H19Cl2N3O.ClH/c1-18(9-11-2-3-12(15)13(16)8-11)10-14(20)19-6-4-17-5-7-19;/h2-3,8,17H,4-7,9-10H2,1H3;1H. The van der Waals surface area contributed by atoms with Crippen LogP contribution in [0.25, 0.3) is 0 Å². The van der Waals surface area contributed by atoms with Gasteiger partial charge in [-0.1, -0.05) is 29.3 Å². The summed E-state index contributed by atoms with van der Waals surface area (Å²) in [4.78, 5) is 16.0. The van der Waals surface area contributed by atoms with Crippen LogP contribution in [-0.2, 0) is 11.3 Å². The van der Waals surface area contributed by atoms with Crippen molar-refractivity contribution in [2.24, 2.45) is 0 Å². The molecule has 0 saturated carbocycles. The first kappa shape index (κ1) is 18.5. The summed E-state index contributed by atoms with van der Waals surface area (Å²) in [5.41, 5.74) is 1.05. The highest BCUT2D eigenvalue weighted by Gasteiger charge is 2.17. The Balaban J connectivity index is 0.00000220. The Morgan fingerprint density at radius 2 is 1.95 bits per heavy atom. The molecular weight excluding hydrogens is 333 g/mol. The lowest BCUT2D eigenvalue weighted by Crippen LogP contribution is -2.49. The molecule has 21 heavy (non-hydrogen) atoms. The van der Waals surface area contributed by atoms with Crippen LogP contribution in [0.1, 0.15) is 5.56 Å². The minimum absolute atomic E-state index is 0. The van der Waals surface area contributed by atoms with Crippen molar-refractivity contribution < 1.29 is 4.79 Å². The van der Waals surface area contributed by atoms with Gasteiger partial charge in [0.15, 0.2) is 0 Å². The van der Waals surface area contributed by atoms with Crippen LogP contribution < -0.4 is 5.32 Å². The second-order valence-electron chi connectivity index (χ2n) is 5.05. The predicted octanol–water partition coefficient (Wildman–Crippen LogP) is 2.28. The van der Waals surface area contributed by atoms with E-state index in [0.717, 1.165) is 31.7 Å². The topological polar surface area (TPSA) is 35.6 Å². The number of hydrogen-bond donors (Lipinski definition) is 1. The molecule has 2 rings (SSSR count). The van der Waals surface area contributed by atoms with E-state index in [9.17, 15) is 4.79 Å². The Kier molecular flexibility index (Phi) is 7.77. The van der Waals surface area contributed by atoms with E-state index in [0.29, 0.717) is 23.1 Å². The molecule has 1 aliphatic rings. The molecule has 1 heterocycles. The third-order valence-electron chi connectivity index (χ3n) is 3.31. The van der Waals surface area contributed by atoms with Gasteiger partial charge in [0, 0.05) is 32.7 Å². The highest BCUT2D eigenvalue weighted by Crippen LogP contribution is 2.23. The van der Waals surface area contributed by atoms with Gasteiger partial charge in [-0.05, 0) is 24.7 Å². The van der Waals surface area contributed by atoms with Crippen LogP contribution in [0.3, 0.4) is 0 Å². The summed E-state index contributed by atoms with van der Waals surface area (Å²) in [7, 11) is 1.93. The molecule has 0 spiro atoms. The summed E-state index contributed by atoms with van der Waals surface area (Å²) in [6, 6.07) is 5.56. The molecule has 7 heteroatoms. The summed E-state index contributed by atoms with van der Waals surface area (Å²) >= 11 is 11.9. The van der Waals surface area contributed by atoms with Gasteiger partial charge in [0.25, 0.3) is 0 Å². The monoisotopic (exact) mass is 351 g/mol. The molecule has 118 valence electrons. The third kappa shape index (κ3) is 5.64. The fourth-order valence-corrected chi connectivity index (χ4v) is 2.57. The van der Waals surface area contributed by atoms with Crippen molar-refractivity contribution in [2.75, 3.05) is 39.8 Å². The van der Waals surface area contributed by atoms with Crippen molar-refractivity contribution in [3.05, 3.63) is 33.8 Å². The second-order valence-corrected chi connectivity index (χ2v) is 5.87. The summed E-state index contributed by atoms with van der Waals surface area (Å²) in [6.45, 7) is 4.43. The maximum atomic E-state index is 12.1. The van der Waals surface area contributed by atoms with Crippen molar-refractivity contribution in [3.63, 3.8) is 0 Å². The van der Waals surface area contributed by atoms with Gasteiger partial charge in [-0.15, -0.1) is 12.4 Å². The van der Waals surface area contributed by atoms with Crippen LogP contribution in [0, 0.1) is 0 Å². The van der Waals surface area contributed by atoms with Crippen molar-refractivity contribution in [2.45, 2.75) is 6.54 Å². The molecule has 1 amide bonds. The van der Waals surface area contributed by atoms with Crippen LogP contribution >= 0.6 is 35.6 Å². The Bertz CT molecular complexity index is 479. The van der Waals surface area contributed by atoms with Crippen LogP contribution in [0.5, 0.6) is 0 Å². The van der Waals surface area contributed by atoms with Crippen molar-refractivity contribution in [1.29, 1.82) is 0 Å². The predicted molar refractivity (Wildman–Crippen MR) is 89.5 cm³/mol. The Hall–Kier alpha value is -0.520. The number of amides is 1. The van der Waals surface area contributed by atoms with E-state index >= 15 is 0 Å². The zero-order chi connectivity index (χ0) is 14.5. The van der Waals surface area contributed by atoms with E-state index in [4.69, 9.17) is 23.2 Å². The smallest absolute Gasteiger partial charge is 0.236 e. The number of hydrogen-bond acceptors (Lipinski definition) is 3. The lowest BCUT2D eigenvalue weighted by Gasteiger charge is -2.29. The molecule has 4 nitrogen and oxygen atoms in total. The van der Waals surface area contributed by atoms with Gasteiger partial charge >= 0.3 is 0 Å². The Morgan fingerprint density at radius 3 is 2.57 bits per heavy atom. The molecule has 0 atom stereocenters. The van der Waals surface area contributed by atoms with Crippen molar-refractivity contribution in [1.82, 2.24) is 15.1 Å². The van der Waals surface area contributed by atoms with E-state index < -0.39 is 0 Å². The van der Waals surface area contributed by atoms with Gasteiger partial charge in [0.2, 0.25) is 5.91 Å². The number of benzene rings is 1. The quantitative estimate of drug-likeness (QED) is 0.903. The average Bonchev–Trinajstić information content (AvgIpc) is 2.44. The third-order valence-corrected chi connectivity index (χ3v) is 4.05. The number of nitrogens with zero attached hydrogens (tertiary/aromatic N) is 2. The van der Waals surface area contributed by atoms with E-state index in [2.05, 4.69) is 5.32 Å². The first-order chi connectivity index (χ1) is 9.56. The summed E-state index contributed by atoms with van der Waals surface area (Å²) in [6.07, 6.45) is 0. The van der Waals surface area contributed by atoms with E-state index in [1.165, 1.54) is 0 Å². The molecular formula is C14H20Cl3N3O. The zero-order valence-electron chi connectivity index (χ0n) is 11.9. The van der Waals surface area contributed by atoms with Crippen LogP contribution in [0.2, 0.25) is 10.0 Å². The van der Waals surface area contributed by atoms with Gasteiger partial charge in [0.05, 0.1) is 16.6 Å². The lowest BCUT2D eigenvalue weighted by atomic mass is 10.2. The normalized spacial score (nSPS) is 15.0. The molecule has 0 radical (unpaired) electrons. The maximum absolute atomic E-state index is 12.1. The number of halogens is 3. The number of carbonyl (C=O) groups excluding carboxylic acids is 1. The van der Waals surface area contributed by atoms with Crippen molar-refractivity contribution in [3.8, 4) is 0 Å². The van der Waals surface area contributed by atoms with E-state index in [1.54, 1.807) is 6.07 Å². The summed E-state index contributed by atoms with van der Waals surface area (Å²) < 4.78 is 0. The Labute approximate surface area is 141 Å². The van der Waals surface area contributed by atoms with E-state index in [-0.39, 0.29) is 18.3 Å². The van der Waals surface area contributed by atoms with E-state index in [1.807, 2.05) is 29.0 Å². The van der Waals surface area contributed by atoms with Gasteiger partial charge in [-0.25, -0.2) is 0 Å². The molecule has 0 bridgehead atoms. The molecule has 1 aliphatic heterocycles. The molecule has 0 aromatic heterocycles. The molecule has 1 fully saturated rings. The maximum Gasteiger partial charge on any atom is 0.236 e. The lowest BCUT2D eigenvalue weighted by molar-refractivity contribution is -0.132. The second kappa shape index (κ2) is 8.81. The molecule has 0 unspecified atom stereocenters. The van der Waals surface area contributed by atoms with Gasteiger partial charge in [0.1, 0.15) is 0 Å². The average molecular weight is 353 g/mol. The van der Waals surface area contributed by atoms with Gasteiger partial charge < -0.3 is 10.2 Å². The highest BCUT2D eigenvalue weighted by molar-refractivity contribution is 6.42. The number of piperazine rings is 1. The SMILES string of the molecule is CN(CC(=O)N1CCNCC1)Cc1ccc(Cl)c(Cl)c1.Cl. The summed E-state index contributed by atoms with van der Waals surface area (Å²) in [5, 5.41) is 4.34. The fourth-order valence-electron chi connectivity index (χ4n) is 2.25. The Morgan fingerprint density at radius 1 is 1.29 bits per heavy atom. The largest absolute Gasteiger partial charge is 0.339 e.